The van der Waals surface area contributed by atoms with E-state index in [9.17, 15) is 9.59 Å². The van der Waals surface area contributed by atoms with Gasteiger partial charge in [-0.25, -0.2) is 10.1 Å². The molecule has 0 aliphatic carbocycles. The van der Waals surface area contributed by atoms with E-state index in [0.717, 1.165) is 9.26 Å². The predicted molar refractivity (Wildman–Crippen MR) is 105 cm³/mol. The van der Waals surface area contributed by atoms with Gasteiger partial charge in [-0.2, -0.15) is 5.10 Å². The molecule has 2 aromatic carbocycles. The molecule has 0 fully saturated rings. The van der Waals surface area contributed by atoms with Crippen LogP contribution in [-0.4, -0.2) is 21.9 Å². The minimum atomic E-state index is -0.327. The molecule has 6 nitrogen and oxygen atoms in total. The van der Waals surface area contributed by atoms with Crippen molar-refractivity contribution in [2.45, 2.75) is 6.92 Å². The van der Waals surface area contributed by atoms with Crippen molar-refractivity contribution < 1.29 is 4.79 Å². The van der Waals surface area contributed by atoms with Crippen LogP contribution in [0.2, 0.25) is 0 Å². The Morgan fingerprint density at radius 2 is 1.96 bits per heavy atom. The molecule has 2 N–H and O–H groups in total. The van der Waals surface area contributed by atoms with Crippen molar-refractivity contribution in [1.82, 2.24) is 15.2 Å². The number of aromatic amines is 1. The van der Waals surface area contributed by atoms with Crippen molar-refractivity contribution in [2.24, 2.45) is 5.10 Å². The van der Waals surface area contributed by atoms with Crippen LogP contribution in [0.3, 0.4) is 0 Å². The Morgan fingerprint density at radius 1 is 1.20 bits per heavy atom. The number of carbonyl (C=O) groups excluding carboxylic acids is 1. The average molecular weight is 446 g/mol. The molecule has 1 aromatic heterocycles. The highest BCUT2D eigenvalue weighted by Gasteiger charge is 2.10. The summed E-state index contributed by atoms with van der Waals surface area (Å²) in [6, 6.07) is 16.4. The van der Waals surface area contributed by atoms with E-state index in [2.05, 4.69) is 38.2 Å². The Morgan fingerprint density at radius 3 is 2.68 bits per heavy atom. The fraction of sp³-hybridized carbons (Fsp3) is 0.0556. The molecule has 126 valence electrons. The summed E-state index contributed by atoms with van der Waals surface area (Å²) in [6.45, 7) is 1.78. The van der Waals surface area contributed by atoms with Crippen LogP contribution in [0.15, 0.2) is 64.5 Å². The molecule has 7 heteroatoms. The summed E-state index contributed by atoms with van der Waals surface area (Å²) < 4.78 is 2.40. The molecule has 0 aliphatic rings. The zero-order chi connectivity index (χ0) is 17.8. The average Bonchev–Trinajstić information content (AvgIpc) is 2.90. The molecule has 0 aliphatic heterocycles. The van der Waals surface area contributed by atoms with E-state index in [1.165, 1.54) is 10.9 Å². The van der Waals surface area contributed by atoms with Gasteiger partial charge in [0.25, 0.3) is 11.5 Å². The van der Waals surface area contributed by atoms with Crippen molar-refractivity contribution in [2.75, 3.05) is 0 Å². The molecule has 3 aromatic rings. The molecule has 0 spiro atoms. The molecular formula is C18H15IN4O2. The number of nitrogens with zero attached hydrogens (tertiary/aromatic N) is 2. The molecular weight excluding hydrogens is 431 g/mol. The number of rotatable bonds is 4. The lowest BCUT2D eigenvalue weighted by Gasteiger charge is -2.00. The van der Waals surface area contributed by atoms with Gasteiger partial charge < -0.3 is 0 Å². The first kappa shape index (κ1) is 17.2. The number of carbonyl (C=O) groups is 1. The second-order valence-electron chi connectivity index (χ2n) is 5.34. The number of benzene rings is 2. The molecule has 0 radical (unpaired) electrons. The molecule has 1 heterocycles. The summed E-state index contributed by atoms with van der Waals surface area (Å²) in [5.74, 6) is -0.327. The van der Waals surface area contributed by atoms with Gasteiger partial charge in [0.2, 0.25) is 0 Å². The topological polar surface area (TPSA) is 79.2 Å². The smallest absolute Gasteiger partial charge is 0.280 e. The summed E-state index contributed by atoms with van der Waals surface area (Å²) in [7, 11) is 0. The van der Waals surface area contributed by atoms with E-state index in [-0.39, 0.29) is 11.5 Å². The number of hydrogen-bond acceptors (Lipinski definition) is 3. The van der Waals surface area contributed by atoms with Crippen molar-refractivity contribution >= 4 is 34.7 Å². The summed E-state index contributed by atoms with van der Waals surface area (Å²) in [4.78, 5) is 24.6. The minimum absolute atomic E-state index is 0.226. The fourth-order valence-electron chi connectivity index (χ4n) is 2.32. The number of hydrogen-bond donors (Lipinski definition) is 2. The number of nitrogens with one attached hydrogen (secondary N) is 2. The van der Waals surface area contributed by atoms with Gasteiger partial charge in [-0.3, -0.25) is 14.7 Å². The number of aryl methyl sites for hydroxylation is 1. The number of amides is 1. The number of halogens is 1. The van der Waals surface area contributed by atoms with Gasteiger partial charge >= 0.3 is 0 Å². The lowest BCUT2D eigenvalue weighted by atomic mass is 10.2. The molecule has 0 atom stereocenters. The minimum Gasteiger partial charge on any atom is -0.295 e. The molecule has 3 rings (SSSR count). The Hall–Kier alpha value is -2.68. The van der Waals surface area contributed by atoms with E-state index in [4.69, 9.17) is 0 Å². The second-order valence-corrected chi connectivity index (χ2v) is 6.58. The van der Waals surface area contributed by atoms with Crippen LogP contribution in [-0.2, 0) is 0 Å². The van der Waals surface area contributed by atoms with Gasteiger partial charge in [0.05, 0.1) is 17.5 Å². The predicted octanol–water partition coefficient (Wildman–Crippen LogP) is 2.84. The maximum Gasteiger partial charge on any atom is 0.280 e. The van der Waals surface area contributed by atoms with Crippen LogP contribution in [0.5, 0.6) is 0 Å². The fourth-order valence-corrected chi connectivity index (χ4v) is 2.86. The van der Waals surface area contributed by atoms with E-state index in [1.54, 1.807) is 25.1 Å². The first-order valence-electron chi connectivity index (χ1n) is 7.52. The number of hydrazone groups is 1. The van der Waals surface area contributed by atoms with Gasteiger partial charge in [-0.05, 0) is 59.8 Å². The lowest BCUT2D eigenvalue weighted by molar-refractivity contribution is 0.0955. The molecule has 0 saturated heterocycles. The first-order valence-corrected chi connectivity index (χ1v) is 8.60. The number of para-hydroxylation sites is 1. The summed E-state index contributed by atoms with van der Waals surface area (Å²) >= 11 is 2.14. The van der Waals surface area contributed by atoms with Crippen LogP contribution < -0.4 is 11.0 Å². The van der Waals surface area contributed by atoms with Crippen molar-refractivity contribution in [3.05, 3.63) is 85.3 Å². The van der Waals surface area contributed by atoms with Crippen LogP contribution in [0.25, 0.3) is 5.69 Å². The Kier molecular flexibility index (Phi) is 5.13. The molecule has 0 unspecified atom stereocenters. The zero-order valence-electron chi connectivity index (χ0n) is 13.4. The number of aromatic nitrogens is 2. The second kappa shape index (κ2) is 7.47. The third-order valence-corrected chi connectivity index (χ3v) is 4.25. The Bertz CT molecular complexity index is 990. The van der Waals surface area contributed by atoms with Crippen molar-refractivity contribution in [1.29, 1.82) is 0 Å². The van der Waals surface area contributed by atoms with E-state index < -0.39 is 0 Å². The van der Waals surface area contributed by atoms with Crippen LogP contribution in [0.4, 0.5) is 0 Å². The van der Waals surface area contributed by atoms with Gasteiger partial charge in [0.15, 0.2) is 0 Å². The van der Waals surface area contributed by atoms with Crippen molar-refractivity contribution in [3.8, 4) is 5.69 Å². The highest BCUT2D eigenvalue weighted by molar-refractivity contribution is 14.1. The third kappa shape index (κ3) is 3.87. The quantitative estimate of drug-likeness (QED) is 0.367. The van der Waals surface area contributed by atoms with Crippen LogP contribution in [0, 0.1) is 10.5 Å². The summed E-state index contributed by atoms with van der Waals surface area (Å²) in [5, 5.41) is 6.92. The maximum absolute atomic E-state index is 12.5. The maximum atomic E-state index is 12.5. The molecule has 25 heavy (non-hydrogen) atoms. The third-order valence-electron chi connectivity index (χ3n) is 3.58. The first-order chi connectivity index (χ1) is 12.1. The molecule has 0 saturated carbocycles. The highest BCUT2D eigenvalue weighted by atomic mass is 127. The molecule has 0 bridgehead atoms. The Labute approximate surface area is 157 Å². The Balaban J connectivity index is 1.79. The zero-order valence-corrected chi connectivity index (χ0v) is 15.5. The van der Waals surface area contributed by atoms with Crippen LogP contribution in [0.1, 0.15) is 21.6 Å². The van der Waals surface area contributed by atoms with Gasteiger partial charge in [0.1, 0.15) is 0 Å². The van der Waals surface area contributed by atoms with E-state index >= 15 is 0 Å². The van der Waals surface area contributed by atoms with Gasteiger partial charge in [-0.1, -0.05) is 24.3 Å². The monoisotopic (exact) mass is 446 g/mol. The SMILES string of the molecule is Cc1[nH]n(-c2ccccc2)c(=O)c1/C=N\NC(=O)c1cccc(I)c1. The summed E-state index contributed by atoms with van der Waals surface area (Å²) in [6.07, 6.45) is 1.36. The normalized spacial score (nSPS) is 11.0. The van der Waals surface area contributed by atoms with E-state index in [1.807, 2.05) is 36.4 Å². The van der Waals surface area contributed by atoms with Crippen LogP contribution >= 0.6 is 22.6 Å². The standard InChI is InChI=1S/C18H15IN4O2/c1-12-16(18(25)23(22-12)15-8-3-2-4-9-15)11-20-21-17(24)13-6-5-7-14(19)10-13/h2-11,22H,1H3,(H,21,24)/b20-11-. The van der Waals surface area contributed by atoms with E-state index in [0.29, 0.717) is 16.8 Å². The van der Waals surface area contributed by atoms with Gasteiger partial charge in [0, 0.05) is 14.8 Å². The highest BCUT2D eigenvalue weighted by Crippen LogP contribution is 2.08. The van der Waals surface area contributed by atoms with Crippen molar-refractivity contribution in [3.63, 3.8) is 0 Å². The molecule has 1 amide bonds. The number of H-pyrrole nitrogens is 1. The lowest BCUT2D eigenvalue weighted by Crippen LogP contribution is -2.20. The largest absolute Gasteiger partial charge is 0.295 e. The van der Waals surface area contributed by atoms with Gasteiger partial charge in [-0.15, -0.1) is 0 Å². The summed E-state index contributed by atoms with van der Waals surface area (Å²) in [5.41, 5.74) is 4.53.